The van der Waals surface area contributed by atoms with Gasteiger partial charge < -0.3 is 9.47 Å². The Bertz CT molecular complexity index is 59.0. The highest BCUT2D eigenvalue weighted by atomic mass is 35.5. The Morgan fingerprint density at radius 1 is 1.44 bits per heavy atom. The second-order valence-corrected chi connectivity index (χ2v) is 2.33. The molecule has 1 atom stereocenters. The largest absolute Gasteiger partial charge is 0.383 e. The zero-order valence-electron chi connectivity index (χ0n) is 5.89. The maximum atomic E-state index is 5.71. The molecule has 0 aliphatic rings. The standard InChI is InChI=1S/C6H13ClO2/c1-3-9-5-6(7)4-8-2/h6H,3-5H2,1-2H3. The summed E-state index contributed by atoms with van der Waals surface area (Å²) >= 11 is 5.71. The summed E-state index contributed by atoms with van der Waals surface area (Å²) in [6, 6.07) is 0. The molecule has 2 nitrogen and oxygen atoms in total. The Hall–Kier alpha value is 0.210. The van der Waals surface area contributed by atoms with Crippen LogP contribution in [0, 0.1) is 0 Å². The molecule has 3 heteroatoms. The fourth-order valence-electron chi connectivity index (χ4n) is 0.475. The van der Waals surface area contributed by atoms with E-state index in [0.717, 1.165) is 0 Å². The average molecular weight is 153 g/mol. The van der Waals surface area contributed by atoms with Crippen LogP contribution in [0.4, 0.5) is 0 Å². The summed E-state index contributed by atoms with van der Waals surface area (Å²) in [6.07, 6.45) is 0. The van der Waals surface area contributed by atoms with Gasteiger partial charge in [0.05, 0.1) is 18.6 Å². The molecule has 0 fully saturated rings. The number of methoxy groups -OCH3 is 1. The quantitative estimate of drug-likeness (QED) is 0.553. The van der Waals surface area contributed by atoms with Crippen LogP contribution in [0.5, 0.6) is 0 Å². The van der Waals surface area contributed by atoms with Gasteiger partial charge in [-0.3, -0.25) is 0 Å². The molecular weight excluding hydrogens is 140 g/mol. The third-order valence-corrected chi connectivity index (χ3v) is 1.10. The van der Waals surface area contributed by atoms with E-state index in [4.69, 9.17) is 21.1 Å². The lowest BCUT2D eigenvalue weighted by Crippen LogP contribution is -2.14. The molecule has 0 aliphatic carbocycles. The van der Waals surface area contributed by atoms with Crippen molar-refractivity contribution in [3.8, 4) is 0 Å². The molecule has 0 radical (unpaired) electrons. The van der Waals surface area contributed by atoms with Crippen LogP contribution in [0.3, 0.4) is 0 Å². The molecular formula is C6H13ClO2. The van der Waals surface area contributed by atoms with Crippen molar-refractivity contribution in [2.24, 2.45) is 0 Å². The van der Waals surface area contributed by atoms with Crippen LogP contribution >= 0.6 is 11.6 Å². The van der Waals surface area contributed by atoms with Crippen LogP contribution in [0.25, 0.3) is 0 Å². The van der Waals surface area contributed by atoms with E-state index in [-0.39, 0.29) is 5.38 Å². The van der Waals surface area contributed by atoms with Crippen molar-refractivity contribution in [2.75, 3.05) is 26.9 Å². The lowest BCUT2D eigenvalue weighted by Gasteiger charge is -2.06. The van der Waals surface area contributed by atoms with Gasteiger partial charge in [0.2, 0.25) is 0 Å². The molecule has 0 aliphatic heterocycles. The first-order valence-corrected chi connectivity index (χ1v) is 3.45. The summed E-state index contributed by atoms with van der Waals surface area (Å²) in [5.41, 5.74) is 0. The van der Waals surface area contributed by atoms with E-state index in [1.807, 2.05) is 6.92 Å². The van der Waals surface area contributed by atoms with E-state index in [1.165, 1.54) is 0 Å². The Balaban J connectivity index is 2.95. The summed E-state index contributed by atoms with van der Waals surface area (Å²) in [6.45, 7) is 3.79. The molecule has 0 saturated heterocycles. The number of ether oxygens (including phenoxy) is 2. The average Bonchev–Trinajstić information content (AvgIpc) is 1.85. The highest BCUT2D eigenvalue weighted by molar-refractivity contribution is 6.20. The number of alkyl halides is 1. The van der Waals surface area contributed by atoms with Crippen molar-refractivity contribution >= 4 is 11.6 Å². The van der Waals surface area contributed by atoms with Crippen LogP contribution in [0.15, 0.2) is 0 Å². The molecule has 0 aromatic rings. The predicted molar refractivity (Wildman–Crippen MR) is 38.0 cm³/mol. The third-order valence-electron chi connectivity index (χ3n) is 0.850. The molecule has 0 aromatic carbocycles. The molecule has 0 aromatic heterocycles. The predicted octanol–water partition coefficient (Wildman–Crippen LogP) is 1.28. The smallest absolute Gasteiger partial charge is 0.0802 e. The lowest BCUT2D eigenvalue weighted by molar-refractivity contribution is 0.115. The normalized spacial score (nSPS) is 13.7. The molecule has 56 valence electrons. The Labute approximate surface area is 61.1 Å². The Morgan fingerprint density at radius 2 is 2.11 bits per heavy atom. The maximum Gasteiger partial charge on any atom is 0.0802 e. The van der Waals surface area contributed by atoms with E-state index in [2.05, 4.69) is 0 Å². The molecule has 1 unspecified atom stereocenters. The number of hydrogen-bond donors (Lipinski definition) is 0. The van der Waals surface area contributed by atoms with Crippen molar-refractivity contribution in [3.05, 3.63) is 0 Å². The van der Waals surface area contributed by atoms with E-state index >= 15 is 0 Å². The molecule has 9 heavy (non-hydrogen) atoms. The van der Waals surface area contributed by atoms with Gasteiger partial charge in [-0.15, -0.1) is 11.6 Å². The van der Waals surface area contributed by atoms with E-state index in [1.54, 1.807) is 7.11 Å². The van der Waals surface area contributed by atoms with Crippen molar-refractivity contribution in [3.63, 3.8) is 0 Å². The lowest BCUT2D eigenvalue weighted by atomic mass is 10.5. The van der Waals surface area contributed by atoms with Gasteiger partial charge in [-0.1, -0.05) is 0 Å². The highest BCUT2D eigenvalue weighted by Gasteiger charge is 2.01. The van der Waals surface area contributed by atoms with E-state index < -0.39 is 0 Å². The van der Waals surface area contributed by atoms with Crippen LogP contribution in [-0.4, -0.2) is 32.3 Å². The van der Waals surface area contributed by atoms with Gasteiger partial charge >= 0.3 is 0 Å². The Kier molecular flexibility index (Phi) is 6.48. The topological polar surface area (TPSA) is 18.5 Å². The minimum absolute atomic E-state index is 0.00468. The molecule has 0 rings (SSSR count). The zero-order valence-corrected chi connectivity index (χ0v) is 6.65. The summed E-state index contributed by atoms with van der Waals surface area (Å²) in [7, 11) is 1.63. The van der Waals surface area contributed by atoms with Crippen molar-refractivity contribution in [1.82, 2.24) is 0 Å². The van der Waals surface area contributed by atoms with Crippen molar-refractivity contribution in [2.45, 2.75) is 12.3 Å². The molecule has 0 N–H and O–H groups in total. The van der Waals surface area contributed by atoms with Crippen LogP contribution in [0.1, 0.15) is 6.92 Å². The molecule has 0 heterocycles. The van der Waals surface area contributed by atoms with Crippen molar-refractivity contribution < 1.29 is 9.47 Å². The fourth-order valence-corrected chi connectivity index (χ4v) is 0.690. The summed E-state index contributed by atoms with van der Waals surface area (Å²) in [5, 5.41) is -0.00468. The summed E-state index contributed by atoms with van der Waals surface area (Å²) in [5.74, 6) is 0. The first-order chi connectivity index (χ1) is 4.31. The number of rotatable bonds is 5. The van der Waals surface area contributed by atoms with Gasteiger partial charge in [-0.05, 0) is 6.92 Å². The molecule has 0 bridgehead atoms. The Morgan fingerprint density at radius 3 is 2.56 bits per heavy atom. The summed E-state index contributed by atoms with van der Waals surface area (Å²) in [4.78, 5) is 0. The van der Waals surface area contributed by atoms with E-state index in [9.17, 15) is 0 Å². The minimum atomic E-state index is -0.00468. The molecule has 0 saturated carbocycles. The summed E-state index contributed by atoms with van der Waals surface area (Å²) < 4.78 is 9.82. The highest BCUT2D eigenvalue weighted by Crippen LogP contribution is 1.95. The number of halogens is 1. The monoisotopic (exact) mass is 152 g/mol. The van der Waals surface area contributed by atoms with Crippen molar-refractivity contribution in [1.29, 1.82) is 0 Å². The second-order valence-electron chi connectivity index (χ2n) is 1.71. The van der Waals surface area contributed by atoms with Crippen LogP contribution in [-0.2, 0) is 9.47 Å². The van der Waals surface area contributed by atoms with Gasteiger partial charge in [0, 0.05) is 13.7 Å². The third kappa shape index (κ3) is 6.09. The molecule has 0 amide bonds. The second kappa shape index (κ2) is 6.33. The van der Waals surface area contributed by atoms with Gasteiger partial charge in [0.15, 0.2) is 0 Å². The van der Waals surface area contributed by atoms with Gasteiger partial charge in [-0.2, -0.15) is 0 Å². The van der Waals surface area contributed by atoms with Gasteiger partial charge in [0.25, 0.3) is 0 Å². The van der Waals surface area contributed by atoms with Gasteiger partial charge in [0.1, 0.15) is 0 Å². The van der Waals surface area contributed by atoms with Crippen LogP contribution < -0.4 is 0 Å². The SMILES string of the molecule is CCOCC(Cl)COC. The van der Waals surface area contributed by atoms with Crippen LogP contribution in [0.2, 0.25) is 0 Å². The number of hydrogen-bond acceptors (Lipinski definition) is 2. The molecule has 0 spiro atoms. The van der Waals surface area contributed by atoms with E-state index in [0.29, 0.717) is 19.8 Å². The fraction of sp³-hybridized carbons (Fsp3) is 1.00. The van der Waals surface area contributed by atoms with Gasteiger partial charge in [-0.25, -0.2) is 0 Å². The maximum absolute atomic E-state index is 5.71. The first kappa shape index (κ1) is 9.21. The first-order valence-electron chi connectivity index (χ1n) is 3.02. The zero-order chi connectivity index (χ0) is 7.11. The minimum Gasteiger partial charge on any atom is -0.383 e.